The Kier molecular flexibility index (Phi) is 5.24. The van der Waals surface area contributed by atoms with Gasteiger partial charge in [0.05, 0.1) is 18.2 Å². The van der Waals surface area contributed by atoms with Gasteiger partial charge in [0.25, 0.3) is 0 Å². The monoisotopic (exact) mass is 411 g/mol. The summed E-state index contributed by atoms with van der Waals surface area (Å²) >= 11 is 0. The number of nitrogen functional groups attached to an aromatic ring is 1. The van der Waals surface area contributed by atoms with Crippen LogP contribution in [0.4, 0.5) is 17.3 Å². The summed E-state index contributed by atoms with van der Waals surface area (Å²) in [5.74, 6) is 0.562. The molecule has 1 aromatic heterocycles. The minimum atomic E-state index is 0.101. The molecule has 0 amide bonds. The first-order chi connectivity index (χ1) is 15.2. The quantitative estimate of drug-likeness (QED) is 0.426. The van der Waals surface area contributed by atoms with Crippen molar-refractivity contribution in [2.45, 2.75) is 13.0 Å². The van der Waals surface area contributed by atoms with Gasteiger partial charge in [-0.1, -0.05) is 36.4 Å². The standard InChI is InChI=1S/C25H25N5O/c1-16-5-6-19-14-28-25(30-24(19)23(16)18-3-2-4-20(26)13-18)29-21-9-7-17(8-10-21)22-15-27-11-12-31-22/h2-10,13-14,22,27H,11-12,15,26H2,1H3,(H,28,29,30). The molecule has 0 spiro atoms. The van der Waals surface area contributed by atoms with E-state index in [2.05, 4.69) is 52.9 Å². The molecule has 0 radical (unpaired) electrons. The molecule has 0 aliphatic carbocycles. The van der Waals surface area contributed by atoms with Crippen LogP contribution >= 0.6 is 0 Å². The molecule has 6 heteroatoms. The van der Waals surface area contributed by atoms with Crippen molar-refractivity contribution >= 4 is 28.2 Å². The zero-order valence-corrected chi connectivity index (χ0v) is 17.4. The first kappa shape index (κ1) is 19.5. The van der Waals surface area contributed by atoms with Crippen molar-refractivity contribution in [1.82, 2.24) is 15.3 Å². The third kappa shape index (κ3) is 4.08. The molecule has 2 heterocycles. The van der Waals surface area contributed by atoms with E-state index in [-0.39, 0.29) is 6.10 Å². The number of anilines is 3. The molecule has 1 aliphatic heterocycles. The van der Waals surface area contributed by atoms with Crippen LogP contribution in [0, 0.1) is 6.92 Å². The average Bonchev–Trinajstić information content (AvgIpc) is 2.80. The maximum Gasteiger partial charge on any atom is 0.227 e. The number of fused-ring (bicyclic) bond motifs is 1. The van der Waals surface area contributed by atoms with Crippen LogP contribution in [0.25, 0.3) is 22.0 Å². The summed E-state index contributed by atoms with van der Waals surface area (Å²) in [4.78, 5) is 9.37. The summed E-state index contributed by atoms with van der Waals surface area (Å²) in [5, 5.41) is 7.69. The lowest BCUT2D eigenvalue weighted by Crippen LogP contribution is -2.33. The van der Waals surface area contributed by atoms with Gasteiger partial charge >= 0.3 is 0 Å². The highest BCUT2D eigenvalue weighted by Crippen LogP contribution is 2.32. The van der Waals surface area contributed by atoms with E-state index in [0.717, 1.165) is 64.2 Å². The first-order valence-corrected chi connectivity index (χ1v) is 10.5. The molecule has 1 fully saturated rings. The Morgan fingerprint density at radius 2 is 1.97 bits per heavy atom. The highest BCUT2D eigenvalue weighted by molar-refractivity contribution is 5.96. The third-order valence-electron chi connectivity index (χ3n) is 5.60. The number of hydrogen-bond donors (Lipinski definition) is 3. The van der Waals surface area contributed by atoms with E-state index in [1.54, 1.807) is 0 Å². The fourth-order valence-electron chi connectivity index (χ4n) is 4.01. The van der Waals surface area contributed by atoms with Gasteiger partial charge in [-0.15, -0.1) is 0 Å². The number of nitrogens with zero attached hydrogens (tertiary/aromatic N) is 2. The topological polar surface area (TPSA) is 85.1 Å². The molecule has 6 nitrogen and oxygen atoms in total. The predicted octanol–water partition coefficient (Wildman–Crippen LogP) is 4.59. The van der Waals surface area contributed by atoms with Crippen molar-refractivity contribution < 1.29 is 4.74 Å². The number of aromatic nitrogens is 2. The molecule has 5 rings (SSSR count). The maximum absolute atomic E-state index is 6.03. The van der Waals surface area contributed by atoms with Gasteiger partial charge in [-0.05, 0) is 47.9 Å². The molecule has 31 heavy (non-hydrogen) atoms. The summed E-state index contributed by atoms with van der Waals surface area (Å²) in [5.41, 5.74) is 13.0. The van der Waals surface area contributed by atoms with Crippen LogP contribution in [0.3, 0.4) is 0 Å². The Bertz CT molecular complexity index is 1220. The Labute approximate surface area is 181 Å². The van der Waals surface area contributed by atoms with Crippen LogP contribution in [-0.2, 0) is 4.74 Å². The van der Waals surface area contributed by atoms with Crippen molar-refractivity contribution in [3.05, 3.63) is 78.0 Å². The predicted molar refractivity (Wildman–Crippen MR) is 125 cm³/mol. The summed E-state index contributed by atoms with van der Waals surface area (Å²) in [6.07, 6.45) is 1.96. The third-order valence-corrected chi connectivity index (χ3v) is 5.60. The number of aryl methyl sites for hydroxylation is 1. The zero-order valence-electron chi connectivity index (χ0n) is 17.4. The molecule has 1 saturated heterocycles. The fraction of sp³-hybridized carbons (Fsp3) is 0.200. The van der Waals surface area contributed by atoms with E-state index in [1.165, 1.54) is 0 Å². The summed E-state index contributed by atoms with van der Waals surface area (Å²) in [6.45, 7) is 4.58. The largest absolute Gasteiger partial charge is 0.399 e. The highest BCUT2D eigenvalue weighted by Gasteiger charge is 2.15. The Morgan fingerprint density at radius 1 is 1.10 bits per heavy atom. The van der Waals surface area contributed by atoms with Crippen molar-refractivity contribution in [1.29, 1.82) is 0 Å². The van der Waals surface area contributed by atoms with Gasteiger partial charge in [-0.25, -0.2) is 9.97 Å². The van der Waals surface area contributed by atoms with Gasteiger partial charge < -0.3 is 21.1 Å². The number of morpholine rings is 1. The normalized spacial score (nSPS) is 16.4. The Morgan fingerprint density at radius 3 is 2.74 bits per heavy atom. The molecule has 4 N–H and O–H groups in total. The molecule has 156 valence electrons. The average molecular weight is 412 g/mol. The summed E-state index contributed by atoms with van der Waals surface area (Å²) < 4.78 is 5.83. The first-order valence-electron chi connectivity index (χ1n) is 10.5. The van der Waals surface area contributed by atoms with Crippen molar-refractivity contribution in [2.24, 2.45) is 0 Å². The van der Waals surface area contributed by atoms with E-state index in [4.69, 9.17) is 15.5 Å². The smallest absolute Gasteiger partial charge is 0.227 e. The maximum atomic E-state index is 6.03. The second-order valence-electron chi connectivity index (χ2n) is 7.82. The van der Waals surface area contributed by atoms with Crippen molar-refractivity contribution in [2.75, 3.05) is 30.7 Å². The lowest BCUT2D eigenvalue weighted by atomic mass is 9.97. The number of hydrogen-bond acceptors (Lipinski definition) is 6. The van der Waals surface area contributed by atoms with Gasteiger partial charge in [0.2, 0.25) is 5.95 Å². The van der Waals surface area contributed by atoms with E-state index >= 15 is 0 Å². The SMILES string of the molecule is Cc1ccc2cnc(Nc3ccc(C4CNCCO4)cc3)nc2c1-c1cccc(N)c1. The zero-order chi connectivity index (χ0) is 21.2. The van der Waals surface area contributed by atoms with Crippen LogP contribution in [0.2, 0.25) is 0 Å². The molecular weight excluding hydrogens is 386 g/mol. The molecule has 0 saturated carbocycles. The van der Waals surface area contributed by atoms with Gasteiger partial charge in [0.1, 0.15) is 0 Å². The van der Waals surface area contributed by atoms with Gasteiger partial charge in [-0.2, -0.15) is 0 Å². The summed E-state index contributed by atoms with van der Waals surface area (Å²) in [7, 11) is 0. The summed E-state index contributed by atoms with van der Waals surface area (Å²) in [6, 6.07) is 20.3. The van der Waals surface area contributed by atoms with Crippen LogP contribution in [0.15, 0.2) is 66.9 Å². The van der Waals surface area contributed by atoms with E-state index in [1.807, 2.05) is 36.5 Å². The second-order valence-corrected chi connectivity index (χ2v) is 7.82. The van der Waals surface area contributed by atoms with Crippen LogP contribution < -0.4 is 16.4 Å². The van der Waals surface area contributed by atoms with Gasteiger partial charge in [-0.3, -0.25) is 0 Å². The highest BCUT2D eigenvalue weighted by atomic mass is 16.5. The van der Waals surface area contributed by atoms with Crippen LogP contribution in [0.5, 0.6) is 0 Å². The second kappa shape index (κ2) is 8.34. The Balaban J connectivity index is 1.46. The molecule has 1 unspecified atom stereocenters. The number of benzene rings is 3. The number of rotatable bonds is 4. The number of nitrogens with one attached hydrogen (secondary N) is 2. The lowest BCUT2D eigenvalue weighted by molar-refractivity contribution is 0.0277. The van der Waals surface area contributed by atoms with E-state index in [0.29, 0.717) is 5.95 Å². The van der Waals surface area contributed by atoms with Gasteiger partial charge in [0.15, 0.2) is 0 Å². The van der Waals surface area contributed by atoms with E-state index < -0.39 is 0 Å². The molecule has 3 aromatic carbocycles. The number of ether oxygens (including phenoxy) is 1. The molecule has 1 atom stereocenters. The van der Waals surface area contributed by atoms with Crippen LogP contribution in [-0.4, -0.2) is 29.7 Å². The minimum Gasteiger partial charge on any atom is -0.399 e. The fourth-order valence-corrected chi connectivity index (χ4v) is 4.01. The van der Waals surface area contributed by atoms with Gasteiger partial charge in [0, 0.05) is 41.6 Å². The molecule has 1 aliphatic rings. The minimum absolute atomic E-state index is 0.101. The van der Waals surface area contributed by atoms with Crippen molar-refractivity contribution in [3.63, 3.8) is 0 Å². The molecule has 0 bridgehead atoms. The van der Waals surface area contributed by atoms with Crippen molar-refractivity contribution in [3.8, 4) is 11.1 Å². The Hall–Kier alpha value is -3.48. The number of nitrogens with two attached hydrogens (primary N) is 1. The molecule has 4 aromatic rings. The lowest BCUT2D eigenvalue weighted by Gasteiger charge is -2.24. The van der Waals surface area contributed by atoms with Crippen LogP contribution in [0.1, 0.15) is 17.2 Å². The van der Waals surface area contributed by atoms with E-state index in [9.17, 15) is 0 Å². The molecular formula is C25H25N5O.